The minimum atomic E-state index is -0.295. The van der Waals surface area contributed by atoms with Gasteiger partial charge in [-0.3, -0.25) is 4.79 Å². The molecule has 0 aliphatic carbocycles. The maximum absolute atomic E-state index is 12.1. The average molecular weight is 292 g/mol. The summed E-state index contributed by atoms with van der Waals surface area (Å²) in [5.74, 6) is -0.110. The minimum Gasteiger partial charge on any atom is -0.396 e. The fourth-order valence-electron chi connectivity index (χ4n) is 2.42. The molecule has 0 spiro atoms. The maximum Gasteiger partial charge on any atom is 0.251 e. The van der Waals surface area contributed by atoms with E-state index in [4.69, 9.17) is 4.74 Å². The van der Waals surface area contributed by atoms with Crippen molar-refractivity contribution >= 4 is 11.6 Å². The van der Waals surface area contributed by atoms with Crippen LogP contribution in [0.15, 0.2) is 24.3 Å². The summed E-state index contributed by atoms with van der Waals surface area (Å²) in [5.41, 5.74) is 1.46. The second kappa shape index (κ2) is 6.91. The van der Waals surface area contributed by atoms with Gasteiger partial charge in [0.15, 0.2) is 0 Å². The van der Waals surface area contributed by atoms with Crippen LogP contribution in [0.5, 0.6) is 0 Å². The van der Waals surface area contributed by atoms with E-state index >= 15 is 0 Å². The highest BCUT2D eigenvalue weighted by Crippen LogP contribution is 2.25. The second-order valence-electron chi connectivity index (χ2n) is 5.55. The number of nitrogens with one attached hydrogen (secondary N) is 1. The molecule has 1 aromatic carbocycles. The first-order chi connectivity index (χ1) is 10.1. The van der Waals surface area contributed by atoms with Crippen LogP contribution in [-0.4, -0.2) is 50.5 Å². The third-order valence-corrected chi connectivity index (χ3v) is 4.03. The van der Waals surface area contributed by atoms with E-state index in [0.717, 1.165) is 18.8 Å². The average Bonchev–Trinajstić information content (AvgIpc) is 2.48. The lowest BCUT2D eigenvalue weighted by atomic mass is 9.87. The number of amides is 1. The second-order valence-corrected chi connectivity index (χ2v) is 5.55. The fraction of sp³-hybridized carbons (Fsp3) is 0.562. The van der Waals surface area contributed by atoms with Crippen molar-refractivity contribution < 1.29 is 14.6 Å². The van der Waals surface area contributed by atoms with Gasteiger partial charge in [0.25, 0.3) is 5.91 Å². The van der Waals surface area contributed by atoms with Crippen molar-refractivity contribution in [2.75, 3.05) is 44.4 Å². The van der Waals surface area contributed by atoms with Crippen LogP contribution in [0.2, 0.25) is 0 Å². The Kier molecular flexibility index (Phi) is 5.20. The Morgan fingerprint density at radius 2 is 1.90 bits per heavy atom. The quantitative estimate of drug-likeness (QED) is 0.794. The summed E-state index contributed by atoms with van der Waals surface area (Å²) in [7, 11) is 0. The molecule has 0 radical (unpaired) electrons. The van der Waals surface area contributed by atoms with Crippen molar-refractivity contribution in [3.05, 3.63) is 29.8 Å². The van der Waals surface area contributed by atoms with Crippen molar-refractivity contribution in [2.24, 2.45) is 5.41 Å². The van der Waals surface area contributed by atoms with Crippen LogP contribution in [0.1, 0.15) is 24.2 Å². The molecule has 1 aliphatic heterocycles. The molecule has 21 heavy (non-hydrogen) atoms. The topological polar surface area (TPSA) is 61.8 Å². The highest BCUT2D eigenvalue weighted by atomic mass is 16.5. The molecule has 0 saturated carbocycles. The molecule has 1 aliphatic rings. The molecule has 0 bridgehead atoms. The molecule has 5 nitrogen and oxygen atoms in total. The summed E-state index contributed by atoms with van der Waals surface area (Å²) in [5, 5.41) is 12.2. The molecule has 0 unspecified atom stereocenters. The van der Waals surface area contributed by atoms with Gasteiger partial charge in [0, 0.05) is 30.9 Å². The van der Waals surface area contributed by atoms with Crippen molar-refractivity contribution in [3.63, 3.8) is 0 Å². The van der Waals surface area contributed by atoms with Crippen molar-refractivity contribution in [1.29, 1.82) is 0 Å². The molecule has 0 atom stereocenters. The smallest absolute Gasteiger partial charge is 0.251 e. The molecule has 5 heteroatoms. The molecule has 1 fully saturated rings. The molecular weight excluding hydrogens is 268 g/mol. The van der Waals surface area contributed by atoms with Gasteiger partial charge in [0.2, 0.25) is 0 Å². The van der Waals surface area contributed by atoms with Gasteiger partial charge in [-0.05, 0) is 38.1 Å². The normalized spacial score (nSPS) is 16.1. The number of aliphatic hydroxyl groups excluding tert-OH is 1. The van der Waals surface area contributed by atoms with Gasteiger partial charge in [-0.15, -0.1) is 0 Å². The predicted molar refractivity (Wildman–Crippen MR) is 82.7 cm³/mol. The summed E-state index contributed by atoms with van der Waals surface area (Å²) < 4.78 is 5.12. The zero-order valence-electron chi connectivity index (χ0n) is 12.8. The zero-order valence-corrected chi connectivity index (χ0v) is 12.8. The standard InChI is InChI=1S/C16H24N2O3/c1-3-18(4-2)14-7-5-13(6-8-14)15(20)17-9-16(10-19)11-21-12-16/h5-8,19H,3-4,9-12H2,1-2H3,(H,17,20). The van der Waals surface area contributed by atoms with Gasteiger partial charge in [-0.2, -0.15) is 0 Å². The summed E-state index contributed by atoms with van der Waals surface area (Å²) in [6.45, 7) is 7.60. The molecule has 2 N–H and O–H groups in total. The van der Waals surface area contributed by atoms with Gasteiger partial charge in [-0.1, -0.05) is 0 Å². The molecule has 1 aromatic rings. The number of carbonyl (C=O) groups excluding carboxylic acids is 1. The number of hydrogen-bond acceptors (Lipinski definition) is 4. The van der Waals surface area contributed by atoms with Gasteiger partial charge in [-0.25, -0.2) is 0 Å². The SMILES string of the molecule is CCN(CC)c1ccc(C(=O)NCC2(CO)COC2)cc1. The number of hydrogen-bond donors (Lipinski definition) is 2. The number of rotatable bonds is 7. The Balaban J connectivity index is 1.93. The molecular formula is C16H24N2O3. The van der Waals surface area contributed by atoms with Crippen LogP contribution in [0.25, 0.3) is 0 Å². The highest BCUT2D eigenvalue weighted by Gasteiger charge is 2.38. The van der Waals surface area contributed by atoms with Gasteiger partial charge in [0.1, 0.15) is 0 Å². The first-order valence-electron chi connectivity index (χ1n) is 7.46. The number of anilines is 1. The van der Waals surface area contributed by atoms with Crippen LogP contribution < -0.4 is 10.2 Å². The van der Waals surface area contributed by atoms with Crippen LogP contribution in [-0.2, 0) is 4.74 Å². The fourth-order valence-corrected chi connectivity index (χ4v) is 2.42. The van der Waals surface area contributed by atoms with E-state index in [0.29, 0.717) is 25.3 Å². The predicted octanol–water partition coefficient (Wildman–Crippen LogP) is 1.27. The van der Waals surface area contributed by atoms with Crippen molar-refractivity contribution in [3.8, 4) is 0 Å². The lowest BCUT2D eigenvalue weighted by Gasteiger charge is -2.39. The van der Waals surface area contributed by atoms with Crippen molar-refractivity contribution in [2.45, 2.75) is 13.8 Å². The molecule has 1 heterocycles. The van der Waals surface area contributed by atoms with E-state index in [2.05, 4.69) is 24.1 Å². The van der Waals surface area contributed by atoms with Crippen LogP contribution in [0.4, 0.5) is 5.69 Å². The third-order valence-electron chi connectivity index (χ3n) is 4.03. The van der Waals surface area contributed by atoms with Gasteiger partial charge < -0.3 is 20.1 Å². The number of carbonyl (C=O) groups is 1. The third kappa shape index (κ3) is 3.54. The van der Waals surface area contributed by atoms with E-state index in [1.165, 1.54) is 0 Å². The highest BCUT2D eigenvalue weighted by molar-refractivity contribution is 5.94. The lowest BCUT2D eigenvalue weighted by molar-refractivity contribution is -0.133. The Hall–Kier alpha value is -1.59. The van der Waals surface area contributed by atoms with Crippen LogP contribution >= 0.6 is 0 Å². The summed E-state index contributed by atoms with van der Waals surface area (Å²) in [6, 6.07) is 7.62. The van der Waals surface area contributed by atoms with E-state index in [1.807, 2.05) is 24.3 Å². The minimum absolute atomic E-state index is 0.0359. The maximum atomic E-state index is 12.1. The molecule has 0 aromatic heterocycles. The van der Waals surface area contributed by atoms with E-state index < -0.39 is 0 Å². The Labute approximate surface area is 125 Å². The Bertz CT molecular complexity index is 459. The van der Waals surface area contributed by atoms with E-state index in [9.17, 15) is 9.90 Å². The number of ether oxygens (including phenoxy) is 1. The summed E-state index contributed by atoms with van der Waals surface area (Å²) >= 11 is 0. The Morgan fingerprint density at radius 1 is 1.29 bits per heavy atom. The van der Waals surface area contributed by atoms with E-state index in [1.54, 1.807) is 0 Å². The van der Waals surface area contributed by atoms with Crippen LogP contribution in [0, 0.1) is 5.41 Å². The van der Waals surface area contributed by atoms with Gasteiger partial charge >= 0.3 is 0 Å². The number of aliphatic hydroxyl groups is 1. The lowest BCUT2D eigenvalue weighted by Crippen LogP contribution is -2.53. The van der Waals surface area contributed by atoms with Crippen LogP contribution in [0.3, 0.4) is 0 Å². The first-order valence-corrected chi connectivity index (χ1v) is 7.46. The molecule has 2 rings (SSSR count). The monoisotopic (exact) mass is 292 g/mol. The Morgan fingerprint density at radius 3 is 2.33 bits per heavy atom. The summed E-state index contributed by atoms with van der Waals surface area (Å²) in [6.07, 6.45) is 0. The van der Waals surface area contributed by atoms with E-state index in [-0.39, 0.29) is 17.9 Å². The first kappa shape index (κ1) is 15.8. The molecule has 1 saturated heterocycles. The molecule has 116 valence electrons. The number of nitrogens with zero attached hydrogens (tertiary/aromatic N) is 1. The summed E-state index contributed by atoms with van der Waals surface area (Å²) in [4.78, 5) is 14.4. The van der Waals surface area contributed by atoms with Crippen molar-refractivity contribution in [1.82, 2.24) is 5.32 Å². The largest absolute Gasteiger partial charge is 0.396 e. The molecule has 1 amide bonds. The zero-order chi connectivity index (χ0) is 15.3. The number of benzene rings is 1. The van der Waals surface area contributed by atoms with Gasteiger partial charge in [0.05, 0.1) is 25.2 Å².